The summed E-state index contributed by atoms with van der Waals surface area (Å²) in [5, 5.41) is 2.12. The van der Waals surface area contributed by atoms with Gasteiger partial charge in [0.2, 0.25) is 0 Å². The summed E-state index contributed by atoms with van der Waals surface area (Å²) in [6.45, 7) is 0. The molecule has 1 N–H and O–H groups in total. The lowest BCUT2D eigenvalue weighted by molar-refractivity contribution is -0.0442. The highest BCUT2D eigenvalue weighted by molar-refractivity contribution is 8.03. The Morgan fingerprint density at radius 1 is 0.657 bits per heavy atom. The van der Waals surface area contributed by atoms with Gasteiger partial charge in [0.1, 0.15) is 5.75 Å². The molecule has 0 bridgehead atoms. The lowest BCUT2D eigenvalue weighted by Crippen LogP contribution is -2.42. The second-order valence-electron chi connectivity index (χ2n) is 7.17. The van der Waals surface area contributed by atoms with Crippen molar-refractivity contribution < 1.29 is 34.2 Å². The van der Waals surface area contributed by atoms with Crippen LogP contribution in [0.1, 0.15) is 0 Å². The van der Waals surface area contributed by atoms with E-state index in [4.69, 9.17) is 0 Å². The van der Waals surface area contributed by atoms with Crippen LogP contribution in [0.15, 0.2) is 112 Å². The zero-order valence-corrected chi connectivity index (χ0v) is 20.1. The molecule has 12 heteroatoms. The molecule has 0 amide bonds. The van der Waals surface area contributed by atoms with E-state index < -0.39 is 36.7 Å². The van der Waals surface area contributed by atoms with E-state index in [1.165, 1.54) is 12.1 Å². The maximum atomic E-state index is 12.5. The van der Waals surface area contributed by atoms with Gasteiger partial charge in [-0.25, -0.2) is 8.42 Å². The summed E-state index contributed by atoms with van der Waals surface area (Å²) in [6, 6.07) is 29.2. The van der Waals surface area contributed by atoms with Gasteiger partial charge >= 0.3 is 25.8 Å². The van der Waals surface area contributed by atoms with Gasteiger partial charge in [-0.05, 0) is 59.3 Å². The van der Waals surface area contributed by atoms with Gasteiger partial charge in [0.15, 0.2) is 14.7 Å². The van der Waals surface area contributed by atoms with Gasteiger partial charge in [-0.2, -0.15) is 21.6 Å². The number of nitrogens with one attached hydrogen (secondary N) is 1. The quantitative estimate of drug-likeness (QED) is 0.334. The molecule has 0 saturated heterocycles. The summed E-state index contributed by atoms with van der Waals surface area (Å²) < 4.78 is 88.4. The van der Waals surface area contributed by atoms with Gasteiger partial charge in [-0.1, -0.05) is 46.6 Å². The van der Waals surface area contributed by atoms with Crippen LogP contribution in [0.25, 0.3) is 10.8 Å². The van der Waals surface area contributed by atoms with Crippen LogP contribution in [0, 0.1) is 0 Å². The van der Waals surface area contributed by atoms with Crippen molar-refractivity contribution in [3.05, 3.63) is 97.1 Å². The molecule has 0 fully saturated rings. The van der Waals surface area contributed by atoms with Crippen LogP contribution in [-0.2, 0) is 31.2 Å². The van der Waals surface area contributed by atoms with Gasteiger partial charge < -0.3 is 4.18 Å². The Morgan fingerprint density at radius 2 is 1.20 bits per heavy atom. The monoisotopic (exact) mass is 540 g/mol. The van der Waals surface area contributed by atoms with Crippen LogP contribution in [0.4, 0.5) is 13.2 Å². The number of halogens is 3. The van der Waals surface area contributed by atoms with E-state index in [-0.39, 0.29) is 5.75 Å². The molecule has 0 aliphatic rings. The summed E-state index contributed by atoms with van der Waals surface area (Å²) in [6.07, 6.45) is 0. The Balaban J connectivity index is 1.66. The standard InChI is InChI=1S/C23H17F3NO5S3/c24-23(25,26)34(28,29)27-35(30,31)32-19-11-14-21(15-12-19)33(20-8-2-1-3-9-20)22-13-10-17-6-4-5-7-18(17)16-22/h1-16,27H/q+1. The van der Waals surface area contributed by atoms with Crippen molar-refractivity contribution >= 4 is 42.0 Å². The first-order valence-corrected chi connectivity index (χ1v) is 14.0. The average molecular weight is 541 g/mol. The molecule has 0 aromatic heterocycles. The van der Waals surface area contributed by atoms with Gasteiger partial charge in [0.25, 0.3) is 0 Å². The van der Waals surface area contributed by atoms with E-state index in [1.54, 1.807) is 12.1 Å². The fourth-order valence-electron chi connectivity index (χ4n) is 3.22. The molecule has 1 atom stereocenters. The molecule has 0 aliphatic carbocycles. The summed E-state index contributed by atoms with van der Waals surface area (Å²) in [4.78, 5) is 2.77. The summed E-state index contributed by atoms with van der Waals surface area (Å²) >= 11 is 0. The maximum Gasteiger partial charge on any atom is 0.512 e. The van der Waals surface area contributed by atoms with Gasteiger partial charge in [-0.15, -0.1) is 0 Å². The molecule has 182 valence electrons. The van der Waals surface area contributed by atoms with E-state index in [1.807, 2.05) is 66.7 Å². The number of sulfonamides is 1. The normalized spacial score (nSPS) is 13.5. The Labute approximate surface area is 203 Å². The van der Waals surface area contributed by atoms with Crippen LogP contribution in [0.3, 0.4) is 0 Å². The molecule has 0 heterocycles. The van der Waals surface area contributed by atoms with Crippen molar-refractivity contribution in [1.82, 2.24) is 4.13 Å². The molecule has 1 unspecified atom stereocenters. The lowest BCUT2D eigenvalue weighted by Gasteiger charge is -2.12. The zero-order chi connectivity index (χ0) is 25.3. The Hall–Kier alpha value is -3.06. The maximum absolute atomic E-state index is 12.5. The predicted octanol–water partition coefficient (Wildman–Crippen LogP) is 5.00. The molecule has 4 aromatic rings. The van der Waals surface area contributed by atoms with Gasteiger partial charge in [-0.3, -0.25) is 0 Å². The van der Waals surface area contributed by atoms with E-state index in [0.29, 0.717) is 4.13 Å². The lowest BCUT2D eigenvalue weighted by atomic mass is 10.1. The van der Waals surface area contributed by atoms with E-state index in [0.717, 1.165) is 25.5 Å². The fraction of sp³-hybridized carbons (Fsp3) is 0.0435. The first-order valence-electron chi connectivity index (χ1n) is 9.88. The number of alkyl halides is 3. The molecular formula is C23H17F3NO5S3+. The van der Waals surface area contributed by atoms with E-state index in [2.05, 4.69) is 10.2 Å². The van der Waals surface area contributed by atoms with Crippen LogP contribution in [0.2, 0.25) is 0 Å². The van der Waals surface area contributed by atoms with Gasteiger partial charge in [0.05, 0.1) is 10.9 Å². The van der Waals surface area contributed by atoms with Crippen molar-refractivity contribution in [1.29, 1.82) is 0 Å². The minimum absolute atomic E-state index is 0.353. The molecule has 4 rings (SSSR count). The van der Waals surface area contributed by atoms with Crippen LogP contribution >= 0.6 is 0 Å². The van der Waals surface area contributed by atoms with E-state index in [9.17, 15) is 30.0 Å². The summed E-state index contributed by atoms with van der Waals surface area (Å²) in [5.74, 6) is -0.353. The fourth-order valence-corrected chi connectivity index (χ4v) is 7.27. The molecule has 4 aromatic carbocycles. The number of benzene rings is 4. The number of hydrogen-bond acceptors (Lipinski definition) is 5. The second kappa shape index (κ2) is 9.53. The van der Waals surface area contributed by atoms with Gasteiger partial charge in [0, 0.05) is 6.07 Å². The molecule has 0 aliphatic heterocycles. The van der Waals surface area contributed by atoms with Crippen LogP contribution in [-0.4, -0.2) is 22.3 Å². The van der Waals surface area contributed by atoms with E-state index >= 15 is 0 Å². The molecule has 35 heavy (non-hydrogen) atoms. The van der Waals surface area contributed by atoms with Crippen LogP contribution in [0.5, 0.6) is 5.75 Å². The summed E-state index contributed by atoms with van der Waals surface area (Å²) in [5.41, 5.74) is -5.81. The smallest absolute Gasteiger partial charge is 0.370 e. The van der Waals surface area contributed by atoms with Crippen molar-refractivity contribution in [2.45, 2.75) is 20.2 Å². The SMILES string of the molecule is O=S(=O)(NS(=O)(=O)C(F)(F)F)Oc1ccc([S+](c2ccccc2)c2ccc3ccccc3c2)cc1. The molecule has 0 saturated carbocycles. The van der Waals surface area contributed by atoms with Crippen molar-refractivity contribution in [3.8, 4) is 5.75 Å². The third-order valence-corrected chi connectivity index (χ3v) is 9.65. The Bertz CT molecular complexity index is 1560. The Morgan fingerprint density at radius 3 is 1.83 bits per heavy atom. The van der Waals surface area contributed by atoms with Crippen LogP contribution < -0.4 is 8.31 Å². The number of fused-ring (bicyclic) bond motifs is 1. The minimum Gasteiger partial charge on any atom is -0.370 e. The molecule has 0 spiro atoms. The molecule has 0 radical (unpaired) electrons. The highest BCUT2D eigenvalue weighted by atomic mass is 32.3. The van der Waals surface area contributed by atoms with Crippen molar-refractivity contribution in [2.75, 3.05) is 0 Å². The minimum atomic E-state index is -6.15. The third kappa shape index (κ3) is 5.78. The first kappa shape index (κ1) is 25.0. The molecular weight excluding hydrogens is 523 g/mol. The highest BCUT2D eigenvalue weighted by Crippen LogP contribution is 2.34. The second-order valence-corrected chi connectivity index (χ2v) is 12.4. The number of hydrogen-bond donors (Lipinski definition) is 1. The Kier molecular flexibility index (Phi) is 6.82. The van der Waals surface area contributed by atoms with Crippen molar-refractivity contribution in [3.63, 3.8) is 0 Å². The largest absolute Gasteiger partial charge is 0.512 e. The third-order valence-electron chi connectivity index (χ3n) is 4.72. The predicted molar refractivity (Wildman–Crippen MR) is 127 cm³/mol. The molecule has 6 nitrogen and oxygen atoms in total. The zero-order valence-electron chi connectivity index (χ0n) is 17.6. The first-order chi connectivity index (χ1) is 16.5. The topological polar surface area (TPSA) is 89.5 Å². The highest BCUT2D eigenvalue weighted by Gasteiger charge is 2.49. The number of rotatable bonds is 7. The summed E-state index contributed by atoms with van der Waals surface area (Å²) in [7, 11) is -12.0. The van der Waals surface area contributed by atoms with Crippen molar-refractivity contribution in [2.24, 2.45) is 0 Å². The average Bonchev–Trinajstić information content (AvgIpc) is 2.79.